The van der Waals surface area contributed by atoms with Gasteiger partial charge in [-0.1, -0.05) is 68.3 Å². The summed E-state index contributed by atoms with van der Waals surface area (Å²) in [5.74, 6) is -3.41. The third-order valence-corrected chi connectivity index (χ3v) is 5.19. The second kappa shape index (κ2) is 8.35. The first-order valence-electron chi connectivity index (χ1n) is 9.37. The van der Waals surface area contributed by atoms with Crippen LogP contribution in [0.1, 0.15) is 43.2 Å². The summed E-state index contributed by atoms with van der Waals surface area (Å²) in [6, 6.07) is 15.3. The highest BCUT2D eigenvalue weighted by atomic mass is 16.5. The molecule has 3 N–H and O–H groups in total. The van der Waals surface area contributed by atoms with Gasteiger partial charge in [0.15, 0.2) is 5.92 Å². The van der Waals surface area contributed by atoms with Gasteiger partial charge in [0, 0.05) is 12.0 Å². The third kappa shape index (κ3) is 3.88. The maximum Gasteiger partial charge on any atom is 0.321 e. The average molecular weight is 367 g/mol. The van der Waals surface area contributed by atoms with Gasteiger partial charge in [0.25, 0.3) is 0 Å². The van der Waals surface area contributed by atoms with Crippen LogP contribution in [0, 0.1) is 5.92 Å². The minimum absolute atomic E-state index is 0.0948. The maximum absolute atomic E-state index is 12.5. The Labute approximate surface area is 159 Å². The van der Waals surface area contributed by atoms with Gasteiger partial charge in [0.05, 0.1) is 0 Å². The Hall–Kier alpha value is -2.66. The Bertz CT molecular complexity index is 787. The number of ether oxygens (including phenoxy) is 1. The standard InChI is InChI=1S/C22H25NO4/c1-2-3-12-19(23)20(21(24)25)22(26)27-13-18-16-10-6-4-8-14(16)15-9-5-7-11-17(15)18/h4-11,18-20H,2-3,12-13,23H2,1H3,(H,24,25)/t19-,20-/m0/s1. The van der Waals surface area contributed by atoms with Crippen LogP contribution in [0.15, 0.2) is 48.5 Å². The second-order valence-electron chi connectivity index (χ2n) is 6.98. The van der Waals surface area contributed by atoms with E-state index in [2.05, 4.69) is 12.1 Å². The van der Waals surface area contributed by atoms with E-state index in [1.54, 1.807) is 0 Å². The number of nitrogens with two attached hydrogens (primary N) is 1. The van der Waals surface area contributed by atoms with Crippen LogP contribution in [0.3, 0.4) is 0 Å². The van der Waals surface area contributed by atoms with Crippen LogP contribution in [0.25, 0.3) is 11.1 Å². The number of carboxylic acids is 1. The molecule has 2 aromatic rings. The number of hydrogen-bond acceptors (Lipinski definition) is 4. The molecule has 0 aliphatic heterocycles. The van der Waals surface area contributed by atoms with Crippen LogP contribution in [0.2, 0.25) is 0 Å². The molecule has 0 heterocycles. The number of rotatable bonds is 8. The van der Waals surface area contributed by atoms with Crippen molar-refractivity contribution in [3.05, 3.63) is 59.7 Å². The van der Waals surface area contributed by atoms with Crippen LogP contribution in [0.5, 0.6) is 0 Å². The van der Waals surface area contributed by atoms with Gasteiger partial charge in [-0.3, -0.25) is 9.59 Å². The third-order valence-electron chi connectivity index (χ3n) is 5.19. The fourth-order valence-corrected chi connectivity index (χ4v) is 3.76. The highest BCUT2D eigenvalue weighted by molar-refractivity contribution is 5.95. The molecule has 27 heavy (non-hydrogen) atoms. The van der Waals surface area contributed by atoms with E-state index in [9.17, 15) is 14.7 Å². The van der Waals surface area contributed by atoms with Crippen molar-refractivity contribution in [1.29, 1.82) is 0 Å². The smallest absolute Gasteiger partial charge is 0.321 e. The maximum atomic E-state index is 12.5. The van der Waals surface area contributed by atoms with E-state index in [-0.39, 0.29) is 12.5 Å². The number of carboxylic acid groups (broad SMARTS) is 1. The monoisotopic (exact) mass is 367 g/mol. The molecule has 0 fully saturated rings. The number of hydrogen-bond donors (Lipinski definition) is 2. The Kier molecular flexibility index (Phi) is 5.91. The van der Waals surface area contributed by atoms with Gasteiger partial charge in [0.2, 0.25) is 0 Å². The van der Waals surface area contributed by atoms with Gasteiger partial charge in [-0.2, -0.15) is 0 Å². The molecule has 0 bridgehead atoms. The van der Waals surface area contributed by atoms with Gasteiger partial charge < -0.3 is 15.6 Å². The zero-order valence-corrected chi connectivity index (χ0v) is 15.4. The van der Waals surface area contributed by atoms with Crippen molar-refractivity contribution in [1.82, 2.24) is 0 Å². The summed E-state index contributed by atoms with van der Waals surface area (Å²) in [7, 11) is 0. The summed E-state index contributed by atoms with van der Waals surface area (Å²) < 4.78 is 5.46. The van der Waals surface area contributed by atoms with Crippen LogP contribution in [-0.4, -0.2) is 29.7 Å². The molecule has 142 valence electrons. The lowest BCUT2D eigenvalue weighted by Crippen LogP contribution is -2.42. The molecule has 3 rings (SSSR count). The minimum atomic E-state index is -1.33. The molecule has 1 aliphatic rings. The normalized spacial score (nSPS) is 14.9. The van der Waals surface area contributed by atoms with E-state index in [0.29, 0.717) is 6.42 Å². The molecule has 0 saturated heterocycles. The molecule has 5 nitrogen and oxygen atoms in total. The van der Waals surface area contributed by atoms with E-state index >= 15 is 0 Å². The number of carbonyl (C=O) groups is 2. The van der Waals surface area contributed by atoms with Crippen LogP contribution in [0.4, 0.5) is 0 Å². The van der Waals surface area contributed by atoms with Crippen LogP contribution < -0.4 is 5.73 Å². The fraction of sp³-hybridized carbons (Fsp3) is 0.364. The van der Waals surface area contributed by atoms with E-state index in [0.717, 1.165) is 35.1 Å². The number of carbonyl (C=O) groups excluding carboxylic acids is 1. The second-order valence-corrected chi connectivity index (χ2v) is 6.98. The van der Waals surface area contributed by atoms with Crippen molar-refractivity contribution >= 4 is 11.9 Å². The number of aliphatic carboxylic acids is 1. The summed E-state index contributed by atoms with van der Waals surface area (Å²) in [6.07, 6.45) is 2.16. The molecule has 2 aromatic carbocycles. The van der Waals surface area contributed by atoms with Crippen LogP contribution in [-0.2, 0) is 14.3 Å². The molecule has 0 saturated carbocycles. The lowest BCUT2D eigenvalue weighted by atomic mass is 9.95. The van der Waals surface area contributed by atoms with Crippen LogP contribution >= 0.6 is 0 Å². The van der Waals surface area contributed by atoms with Crippen molar-refractivity contribution in [2.24, 2.45) is 11.7 Å². The van der Waals surface area contributed by atoms with Crippen molar-refractivity contribution in [3.8, 4) is 11.1 Å². The number of unbranched alkanes of at least 4 members (excludes halogenated alkanes) is 1. The molecular weight excluding hydrogens is 342 g/mol. The quantitative estimate of drug-likeness (QED) is 0.550. The zero-order chi connectivity index (χ0) is 19.4. The SMILES string of the molecule is CCCC[C@H](N)[C@@H](C(=O)O)C(=O)OCC1c2ccccc2-c2ccccc21. The van der Waals surface area contributed by atoms with E-state index in [4.69, 9.17) is 10.5 Å². The largest absolute Gasteiger partial charge is 0.481 e. The molecular formula is C22H25NO4. The van der Waals surface area contributed by atoms with Gasteiger partial charge in [0.1, 0.15) is 6.61 Å². The van der Waals surface area contributed by atoms with Gasteiger partial charge in [-0.25, -0.2) is 0 Å². The van der Waals surface area contributed by atoms with Crippen molar-refractivity contribution in [3.63, 3.8) is 0 Å². The number of fused-ring (bicyclic) bond motifs is 3. The lowest BCUT2D eigenvalue weighted by molar-refractivity contribution is -0.160. The summed E-state index contributed by atoms with van der Waals surface area (Å²) >= 11 is 0. The lowest BCUT2D eigenvalue weighted by Gasteiger charge is -2.20. The average Bonchev–Trinajstić information content (AvgIpc) is 2.98. The Morgan fingerprint density at radius 2 is 1.63 bits per heavy atom. The summed E-state index contributed by atoms with van der Waals surface area (Å²) in [5, 5.41) is 9.44. The first kappa shape index (κ1) is 19.1. The van der Waals surface area contributed by atoms with Crippen molar-refractivity contribution in [2.75, 3.05) is 6.61 Å². The number of benzene rings is 2. The zero-order valence-electron chi connectivity index (χ0n) is 15.4. The molecule has 0 unspecified atom stereocenters. The molecule has 0 aromatic heterocycles. The predicted octanol–water partition coefficient (Wildman–Crippen LogP) is 3.56. The molecule has 1 aliphatic carbocycles. The number of esters is 1. The predicted molar refractivity (Wildman–Crippen MR) is 103 cm³/mol. The minimum Gasteiger partial charge on any atom is -0.481 e. The molecule has 5 heteroatoms. The first-order valence-corrected chi connectivity index (χ1v) is 9.37. The van der Waals surface area contributed by atoms with E-state index < -0.39 is 23.9 Å². The van der Waals surface area contributed by atoms with Gasteiger partial charge >= 0.3 is 11.9 Å². The topological polar surface area (TPSA) is 89.6 Å². The highest BCUT2D eigenvalue weighted by Gasteiger charge is 2.35. The molecule has 2 atom stereocenters. The molecule has 0 spiro atoms. The van der Waals surface area contributed by atoms with Crippen molar-refractivity contribution in [2.45, 2.75) is 38.1 Å². The van der Waals surface area contributed by atoms with Gasteiger partial charge in [-0.05, 0) is 28.7 Å². The Morgan fingerprint density at radius 1 is 1.07 bits per heavy atom. The molecule has 0 amide bonds. The van der Waals surface area contributed by atoms with E-state index in [1.165, 1.54) is 0 Å². The van der Waals surface area contributed by atoms with Gasteiger partial charge in [-0.15, -0.1) is 0 Å². The summed E-state index contributed by atoms with van der Waals surface area (Å²) in [6.45, 7) is 2.10. The van der Waals surface area contributed by atoms with Crippen molar-refractivity contribution < 1.29 is 19.4 Å². The van der Waals surface area contributed by atoms with E-state index in [1.807, 2.05) is 43.3 Å². The fourth-order valence-electron chi connectivity index (χ4n) is 3.76. The Morgan fingerprint density at radius 3 is 2.15 bits per heavy atom. The summed E-state index contributed by atoms with van der Waals surface area (Å²) in [4.78, 5) is 24.0. The highest BCUT2D eigenvalue weighted by Crippen LogP contribution is 2.44. The Balaban J connectivity index is 1.76. The summed E-state index contributed by atoms with van der Waals surface area (Å²) in [5.41, 5.74) is 10.4. The first-order chi connectivity index (χ1) is 13.0. The molecule has 0 radical (unpaired) electrons.